The Morgan fingerprint density at radius 3 is 2.34 bits per heavy atom. The number of allylic oxidation sites excluding steroid dienone is 2. The fourth-order valence-electron chi connectivity index (χ4n) is 4.01. The Kier molecular flexibility index (Phi) is 8.14. The van der Waals surface area contributed by atoms with Crippen LogP contribution >= 0.6 is 0 Å². The summed E-state index contributed by atoms with van der Waals surface area (Å²) in [7, 11) is 0. The lowest BCUT2D eigenvalue weighted by molar-refractivity contribution is -0.112. The minimum absolute atomic E-state index is 0.0659. The molecule has 35 heavy (non-hydrogen) atoms. The number of nitrogens with one attached hydrogen (secondary N) is 3. The van der Waals surface area contributed by atoms with Gasteiger partial charge in [0.15, 0.2) is 0 Å². The molecule has 1 amide bonds. The van der Waals surface area contributed by atoms with E-state index in [2.05, 4.69) is 52.9 Å². The summed E-state index contributed by atoms with van der Waals surface area (Å²) in [6.07, 6.45) is 4.34. The second kappa shape index (κ2) is 11.6. The zero-order valence-electron chi connectivity index (χ0n) is 20.3. The Morgan fingerprint density at radius 2 is 1.66 bits per heavy atom. The third-order valence-corrected chi connectivity index (χ3v) is 6.00. The number of carbonyl (C=O) groups excluding carboxylic acids is 1. The fraction of sp³-hybridized carbons (Fsp3) is 0.233. The monoisotopic (exact) mass is 466 g/mol. The van der Waals surface area contributed by atoms with Crippen LogP contribution in [0.3, 0.4) is 0 Å². The molecular formula is C30H34N4O. The predicted molar refractivity (Wildman–Crippen MR) is 145 cm³/mol. The first-order valence-electron chi connectivity index (χ1n) is 12.1. The molecule has 0 spiro atoms. The van der Waals surface area contributed by atoms with Crippen LogP contribution in [0.4, 0.5) is 11.4 Å². The van der Waals surface area contributed by atoms with Gasteiger partial charge in [-0.05, 0) is 79.3 Å². The van der Waals surface area contributed by atoms with Crippen molar-refractivity contribution in [1.29, 1.82) is 0 Å². The molecule has 3 aromatic rings. The Hall–Kier alpha value is -3.67. The molecule has 1 atom stereocenters. The molecule has 4 rings (SSSR count). The van der Waals surface area contributed by atoms with Crippen LogP contribution in [-0.4, -0.2) is 12.5 Å². The maximum Gasteiger partial charge on any atom is 0.272 e. The van der Waals surface area contributed by atoms with Gasteiger partial charge in [0, 0.05) is 17.9 Å². The van der Waals surface area contributed by atoms with Crippen LogP contribution < -0.4 is 21.7 Å². The van der Waals surface area contributed by atoms with Crippen LogP contribution in [0.15, 0.2) is 103 Å². The number of anilines is 2. The summed E-state index contributed by atoms with van der Waals surface area (Å²) in [5.41, 5.74) is 11.8. The van der Waals surface area contributed by atoms with Gasteiger partial charge in [0.25, 0.3) is 5.91 Å². The minimum atomic E-state index is -0.231. The molecule has 0 aliphatic heterocycles. The highest BCUT2D eigenvalue weighted by molar-refractivity contribution is 6.06. The lowest BCUT2D eigenvalue weighted by atomic mass is 9.98. The van der Waals surface area contributed by atoms with Crippen LogP contribution in [0.2, 0.25) is 0 Å². The first-order chi connectivity index (χ1) is 17.0. The second-order valence-electron chi connectivity index (χ2n) is 9.21. The van der Waals surface area contributed by atoms with Crippen molar-refractivity contribution >= 4 is 17.3 Å². The van der Waals surface area contributed by atoms with E-state index in [1.54, 1.807) is 6.08 Å². The zero-order chi connectivity index (χ0) is 24.6. The highest BCUT2D eigenvalue weighted by Crippen LogP contribution is 2.30. The number of hydrogen-bond donors (Lipinski definition) is 4. The summed E-state index contributed by atoms with van der Waals surface area (Å²) in [6.45, 7) is 7.24. The molecule has 1 unspecified atom stereocenters. The molecule has 5 heteroatoms. The Morgan fingerprint density at radius 1 is 0.971 bits per heavy atom. The van der Waals surface area contributed by atoms with E-state index < -0.39 is 0 Å². The van der Waals surface area contributed by atoms with E-state index in [-0.39, 0.29) is 11.9 Å². The van der Waals surface area contributed by atoms with Gasteiger partial charge in [-0.2, -0.15) is 0 Å². The van der Waals surface area contributed by atoms with Gasteiger partial charge >= 0.3 is 0 Å². The average Bonchev–Trinajstić information content (AvgIpc) is 3.69. The van der Waals surface area contributed by atoms with Crippen molar-refractivity contribution in [2.45, 2.75) is 32.4 Å². The number of benzene rings is 3. The largest absolute Gasteiger partial charge is 0.351 e. The Balaban J connectivity index is 1.54. The number of rotatable bonds is 11. The molecule has 1 aliphatic carbocycles. The maximum absolute atomic E-state index is 13.3. The number of amides is 1. The third kappa shape index (κ3) is 7.15. The smallest absolute Gasteiger partial charge is 0.272 e. The molecule has 0 saturated heterocycles. The lowest BCUT2D eigenvalue weighted by Gasteiger charge is -2.21. The second-order valence-corrected chi connectivity index (χ2v) is 9.21. The first kappa shape index (κ1) is 24.5. The van der Waals surface area contributed by atoms with Crippen LogP contribution in [0, 0.1) is 5.92 Å². The highest BCUT2D eigenvalue weighted by atomic mass is 16.2. The van der Waals surface area contributed by atoms with Crippen molar-refractivity contribution in [3.05, 3.63) is 119 Å². The molecule has 1 saturated carbocycles. The summed E-state index contributed by atoms with van der Waals surface area (Å²) < 4.78 is 0. The van der Waals surface area contributed by atoms with Gasteiger partial charge in [0.05, 0.1) is 6.04 Å². The van der Waals surface area contributed by atoms with Gasteiger partial charge in [0.2, 0.25) is 0 Å². The van der Waals surface area contributed by atoms with Gasteiger partial charge in [0.1, 0.15) is 5.70 Å². The third-order valence-electron chi connectivity index (χ3n) is 6.00. The van der Waals surface area contributed by atoms with Gasteiger partial charge in [-0.3, -0.25) is 4.79 Å². The molecule has 5 nitrogen and oxygen atoms in total. The van der Waals surface area contributed by atoms with Crippen molar-refractivity contribution in [3.63, 3.8) is 0 Å². The molecule has 5 N–H and O–H groups in total. The molecule has 0 heterocycles. The maximum atomic E-state index is 13.3. The molecule has 180 valence electrons. The summed E-state index contributed by atoms with van der Waals surface area (Å²) in [5.74, 6) is 0.535. The number of hydrogen-bond acceptors (Lipinski definition) is 4. The van der Waals surface area contributed by atoms with Crippen LogP contribution in [0.1, 0.15) is 42.5 Å². The minimum Gasteiger partial charge on any atom is -0.351 e. The van der Waals surface area contributed by atoms with Crippen molar-refractivity contribution in [2.24, 2.45) is 11.7 Å². The van der Waals surface area contributed by atoms with E-state index in [1.165, 1.54) is 18.4 Å². The zero-order valence-corrected chi connectivity index (χ0v) is 20.3. The number of carbonyl (C=O) groups is 1. The first-order valence-corrected chi connectivity index (χ1v) is 12.1. The van der Waals surface area contributed by atoms with Crippen molar-refractivity contribution in [3.8, 4) is 0 Å². The summed E-state index contributed by atoms with van der Waals surface area (Å²) in [4.78, 5) is 13.3. The molecule has 1 aliphatic rings. The fourth-order valence-corrected chi connectivity index (χ4v) is 4.01. The van der Waals surface area contributed by atoms with Crippen molar-refractivity contribution in [2.75, 3.05) is 17.2 Å². The van der Waals surface area contributed by atoms with E-state index in [0.717, 1.165) is 40.5 Å². The molecular weight excluding hydrogens is 432 g/mol. The van der Waals surface area contributed by atoms with Crippen LogP contribution in [0.5, 0.6) is 0 Å². The van der Waals surface area contributed by atoms with E-state index in [9.17, 15) is 4.79 Å². The highest BCUT2D eigenvalue weighted by Gasteiger charge is 2.23. The summed E-state index contributed by atoms with van der Waals surface area (Å²) in [6, 6.07) is 26.3. The van der Waals surface area contributed by atoms with Gasteiger partial charge < -0.3 is 21.7 Å². The summed E-state index contributed by atoms with van der Waals surface area (Å²) >= 11 is 0. The Labute approximate surface area is 208 Å². The van der Waals surface area contributed by atoms with Crippen LogP contribution in [0.25, 0.3) is 0 Å². The molecule has 0 aromatic heterocycles. The SMILES string of the molecule is C=C(C)/C=C(\Nc1cccc(CN)c1)C(=O)Nc1cccc(C(NCC2CC2)c2ccccc2)c1. The molecule has 1 fully saturated rings. The topological polar surface area (TPSA) is 79.2 Å². The quantitative estimate of drug-likeness (QED) is 0.214. The van der Waals surface area contributed by atoms with Gasteiger partial charge in [-0.15, -0.1) is 0 Å². The summed E-state index contributed by atoms with van der Waals surface area (Å²) in [5, 5.41) is 10.0. The Bertz CT molecular complexity index is 1200. The lowest BCUT2D eigenvalue weighted by Crippen LogP contribution is -2.25. The molecule has 0 radical (unpaired) electrons. The predicted octanol–water partition coefficient (Wildman–Crippen LogP) is 5.74. The number of nitrogens with two attached hydrogens (primary N) is 1. The van der Waals surface area contributed by atoms with Crippen LogP contribution in [-0.2, 0) is 11.3 Å². The molecule has 0 bridgehead atoms. The van der Waals surface area contributed by atoms with Crippen molar-refractivity contribution < 1.29 is 4.79 Å². The standard InChI is InChI=1S/C30H34N4O/c1-21(2)16-28(33-26-12-6-8-23(17-26)19-31)30(35)34-27-13-7-11-25(18-27)29(32-20-22-14-15-22)24-9-4-3-5-10-24/h3-13,16-18,22,29,32-33H,1,14-15,19-20,31H2,2H3,(H,34,35)/b28-16-. The van der Waals surface area contributed by atoms with E-state index in [4.69, 9.17) is 5.73 Å². The van der Waals surface area contributed by atoms with E-state index in [1.807, 2.05) is 55.5 Å². The van der Waals surface area contributed by atoms with Crippen molar-refractivity contribution in [1.82, 2.24) is 5.32 Å². The molecule has 3 aromatic carbocycles. The average molecular weight is 467 g/mol. The van der Waals surface area contributed by atoms with E-state index in [0.29, 0.717) is 12.2 Å². The van der Waals surface area contributed by atoms with Gasteiger partial charge in [-0.25, -0.2) is 0 Å². The van der Waals surface area contributed by atoms with Gasteiger partial charge in [-0.1, -0.05) is 66.7 Å². The normalized spacial score (nSPS) is 14.3. The van der Waals surface area contributed by atoms with E-state index >= 15 is 0 Å².